The summed E-state index contributed by atoms with van der Waals surface area (Å²) in [5.74, 6) is 0.192. The molecule has 1 aromatic carbocycles. The van der Waals surface area contributed by atoms with E-state index in [1.165, 1.54) is 5.69 Å². The molecule has 3 aliphatic heterocycles. The lowest BCUT2D eigenvalue weighted by atomic mass is 9.77. The van der Waals surface area contributed by atoms with E-state index < -0.39 is 0 Å². The summed E-state index contributed by atoms with van der Waals surface area (Å²) in [5.41, 5.74) is 3.11. The van der Waals surface area contributed by atoms with Crippen molar-refractivity contribution in [3.63, 3.8) is 0 Å². The summed E-state index contributed by atoms with van der Waals surface area (Å²) in [4.78, 5) is 26.1. The Hall–Kier alpha value is -2.21. The highest BCUT2D eigenvalue weighted by Crippen LogP contribution is 2.42. The highest BCUT2D eigenvalue weighted by molar-refractivity contribution is 5.82. The van der Waals surface area contributed by atoms with E-state index in [1.807, 2.05) is 11.0 Å². The van der Waals surface area contributed by atoms with Crippen LogP contribution in [0.5, 0.6) is 0 Å². The molecule has 2 atom stereocenters. The summed E-state index contributed by atoms with van der Waals surface area (Å²) < 4.78 is 5.63. The van der Waals surface area contributed by atoms with Gasteiger partial charge in [0.25, 0.3) is 5.91 Å². The summed E-state index contributed by atoms with van der Waals surface area (Å²) in [6.07, 6.45) is 8.46. The Morgan fingerprint density at radius 3 is 2.77 bits per heavy atom. The number of anilines is 1. The topological polar surface area (TPSA) is 58.6 Å². The van der Waals surface area contributed by atoms with Gasteiger partial charge in [-0.1, -0.05) is 0 Å². The van der Waals surface area contributed by atoms with Crippen LogP contribution in [0.4, 0.5) is 5.69 Å². The van der Waals surface area contributed by atoms with Crippen LogP contribution in [0, 0.1) is 0 Å². The number of aromatic nitrogens is 2. The first-order valence-electron chi connectivity index (χ1n) is 9.64. The number of amides is 1. The molecule has 1 spiro atoms. The number of ether oxygens (including phenoxy) is 1. The molecule has 2 aromatic rings. The number of carbonyl (C=O) groups excluding carboxylic acids is 1. The fourth-order valence-electron chi connectivity index (χ4n) is 4.76. The third kappa shape index (κ3) is 2.55. The van der Waals surface area contributed by atoms with E-state index in [1.54, 1.807) is 12.4 Å². The fourth-order valence-corrected chi connectivity index (χ4v) is 4.76. The summed E-state index contributed by atoms with van der Waals surface area (Å²) in [7, 11) is 0. The zero-order valence-corrected chi connectivity index (χ0v) is 14.9. The van der Waals surface area contributed by atoms with Crippen LogP contribution in [0.15, 0.2) is 30.6 Å². The summed E-state index contributed by atoms with van der Waals surface area (Å²) in [6.45, 7) is 3.43. The van der Waals surface area contributed by atoms with Gasteiger partial charge in [-0.3, -0.25) is 14.8 Å². The van der Waals surface area contributed by atoms with Crippen molar-refractivity contribution in [2.45, 2.75) is 43.7 Å². The molecule has 0 N–H and O–H groups in total. The SMILES string of the molecule is O=C([C@@H]1CCCO1)N1CCC[C@]2(CCN2c2ccc3nccnc3c2)C1. The zero-order chi connectivity index (χ0) is 17.6. The number of rotatable bonds is 2. The Morgan fingerprint density at radius 2 is 2.00 bits per heavy atom. The van der Waals surface area contributed by atoms with Crippen LogP contribution in [0.25, 0.3) is 11.0 Å². The molecular weight excluding hydrogens is 328 g/mol. The molecule has 6 heteroatoms. The average molecular weight is 352 g/mol. The number of nitrogens with zero attached hydrogens (tertiary/aromatic N) is 4. The van der Waals surface area contributed by atoms with Crippen molar-refractivity contribution in [2.24, 2.45) is 0 Å². The average Bonchev–Trinajstić information content (AvgIpc) is 3.21. The van der Waals surface area contributed by atoms with Gasteiger partial charge in [0.15, 0.2) is 0 Å². The lowest BCUT2D eigenvalue weighted by Gasteiger charge is -2.58. The molecule has 0 radical (unpaired) electrons. The number of hydrogen-bond acceptors (Lipinski definition) is 5. The normalized spacial score (nSPS) is 28.5. The second-order valence-corrected chi connectivity index (χ2v) is 7.72. The van der Waals surface area contributed by atoms with Gasteiger partial charge in [-0.05, 0) is 50.3 Å². The lowest BCUT2D eigenvalue weighted by molar-refractivity contribution is -0.143. The van der Waals surface area contributed by atoms with Crippen LogP contribution >= 0.6 is 0 Å². The van der Waals surface area contributed by atoms with Crippen molar-refractivity contribution < 1.29 is 9.53 Å². The van der Waals surface area contributed by atoms with Gasteiger partial charge in [0.05, 0.1) is 16.6 Å². The minimum absolute atomic E-state index is 0.0718. The van der Waals surface area contributed by atoms with Gasteiger partial charge in [-0.25, -0.2) is 0 Å². The van der Waals surface area contributed by atoms with Crippen LogP contribution < -0.4 is 4.90 Å². The third-order valence-corrected chi connectivity index (χ3v) is 6.21. The Bertz CT molecular complexity index is 835. The van der Waals surface area contributed by atoms with Gasteiger partial charge in [-0.2, -0.15) is 0 Å². The molecule has 0 aliphatic carbocycles. The first-order chi connectivity index (χ1) is 12.8. The number of carbonyl (C=O) groups is 1. The molecule has 3 aliphatic rings. The molecule has 136 valence electrons. The smallest absolute Gasteiger partial charge is 0.251 e. The maximum Gasteiger partial charge on any atom is 0.251 e. The molecule has 0 saturated carbocycles. The first kappa shape index (κ1) is 16.0. The molecular formula is C20H24N4O2. The van der Waals surface area contributed by atoms with E-state index in [0.717, 1.165) is 69.4 Å². The van der Waals surface area contributed by atoms with Crippen LogP contribution in [0.2, 0.25) is 0 Å². The molecule has 3 fully saturated rings. The van der Waals surface area contributed by atoms with Crippen LogP contribution in [-0.2, 0) is 9.53 Å². The molecule has 1 aromatic heterocycles. The van der Waals surface area contributed by atoms with Crippen molar-refractivity contribution in [2.75, 3.05) is 31.1 Å². The van der Waals surface area contributed by atoms with E-state index in [2.05, 4.69) is 27.0 Å². The van der Waals surface area contributed by atoms with Crippen molar-refractivity contribution in [3.8, 4) is 0 Å². The Balaban J connectivity index is 1.38. The van der Waals surface area contributed by atoms with Gasteiger partial charge < -0.3 is 14.5 Å². The minimum atomic E-state index is -0.213. The number of hydrogen-bond donors (Lipinski definition) is 0. The van der Waals surface area contributed by atoms with E-state index in [4.69, 9.17) is 4.74 Å². The quantitative estimate of drug-likeness (QED) is 0.831. The third-order valence-electron chi connectivity index (χ3n) is 6.21. The molecule has 6 nitrogen and oxygen atoms in total. The molecule has 4 heterocycles. The highest BCUT2D eigenvalue weighted by atomic mass is 16.5. The van der Waals surface area contributed by atoms with Crippen LogP contribution in [-0.4, -0.2) is 58.7 Å². The van der Waals surface area contributed by atoms with Crippen molar-refractivity contribution in [1.82, 2.24) is 14.9 Å². The second-order valence-electron chi connectivity index (χ2n) is 7.72. The van der Waals surface area contributed by atoms with Gasteiger partial charge in [0.2, 0.25) is 0 Å². The van der Waals surface area contributed by atoms with Gasteiger partial charge in [-0.15, -0.1) is 0 Å². The van der Waals surface area contributed by atoms with Crippen molar-refractivity contribution in [3.05, 3.63) is 30.6 Å². The Morgan fingerprint density at radius 1 is 1.12 bits per heavy atom. The molecule has 0 unspecified atom stereocenters. The van der Waals surface area contributed by atoms with Crippen molar-refractivity contribution in [1.29, 1.82) is 0 Å². The lowest BCUT2D eigenvalue weighted by Crippen LogP contribution is -2.68. The van der Waals surface area contributed by atoms with E-state index >= 15 is 0 Å². The number of piperidine rings is 1. The van der Waals surface area contributed by atoms with Crippen LogP contribution in [0.1, 0.15) is 32.1 Å². The van der Waals surface area contributed by atoms with Crippen LogP contribution in [0.3, 0.4) is 0 Å². The summed E-state index contributed by atoms with van der Waals surface area (Å²) >= 11 is 0. The maximum atomic E-state index is 12.8. The molecule has 26 heavy (non-hydrogen) atoms. The summed E-state index contributed by atoms with van der Waals surface area (Å²) in [5, 5.41) is 0. The number of fused-ring (bicyclic) bond motifs is 1. The standard InChI is InChI=1S/C20H24N4O2/c25-19(18-3-1-12-26-18)23-10-2-6-20(14-23)7-11-24(20)15-4-5-16-17(13-15)22-9-8-21-16/h4-5,8-9,13,18H,1-3,6-7,10-12,14H2/t18-,20-/m0/s1. The van der Waals surface area contributed by atoms with E-state index in [-0.39, 0.29) is 17.6 Å². The van der Waals surface area contributed by atoms with Gasteiger partial charge in [0, 0.05) is 44.3 Å². The molecule has 0 bridgehead atoms. The molecule has 5 rings (SSSR count). The van der Waals surface area contributed by atoms with Gasteiger partial charge in [0.1, 0.15) is 6.10 Å². The monoisotopic (exact) mass is 352 g/mol. The predicted molar refractivity (Wildman–Crippen MR) is 99.0 cm³/mol. The first-order valence-corrected chi connectivity index (χ1v) is 9.64. The van der Waals surface area contributed by atoms with E-state index in [9.17, 15) is 4.79 Å². The fraction of sp³-hybridized carbons (Fsp3) is 0.550. The zero-order valence-electron chi connectivity index (χ0n) is 14.9. The second kappa shape index (κ2) is 6.20. The minimum Gasteiger partial charge on any atom is -0.368 e. The molecule has 3 saturated heterocycles. The Labute approximate surface area is 153 Å². The highest BCUT2D eigenvalue weighted by Gasteiger charge is 2.49. The predicted octanol–water partition coefficient (Wildman–Crippen LogP) is 2.38. The Kier molecular flexibility index (Phi) is 3.81. The largest absolute Gasteiger partial charge is 0.368 e. The number of likely N-dealkylation sites (tertiary alicyclic amines) is 1. The number of benzene rings is 1. The summed E-state index contributed by atoms with van der Waals surface area (Å²) in [6, 6.07) is 6.31. The van der Waals surface area contributed by atoms with Gasteiger partial charge >= 0.3 is 0 Å². The maximum absolute atomic E-state index is 12.8. The van der Waals surface area contributed by atoms with Crippen molar-refractivity contribution >= 4 is 22.6 Å². The van der Waals surface area contributed by atoms with E-state index in [0.29, 0.717) is 0 Å². The molecule has 1 amide bonds.